The van der Waals surface area contributed by atoms with Gasteiger partial charge in [0.1, 0.15) is 11.4 Å². The second-order valence-corrected chi connectivity index (χ2v) is 4.38. The monoisotopic (exact) mass is 196 g/mol. The molecular weight excluding hydrogens is 184 g/mol. The van der Waals surface area contributed by atoms with Crippen molar-refractivity contribution in [3.05, 3.63) is 23.8 Å². The standard InChI is InChI=1S/C9H12N2OS/c1-6(2)7-3-4-8-9(5-7)11-13(12)10-8/h3-6,10-11H,1-2H3. The maximum absolute atomic E-state index is 11.1. The third-order valence-corrected chi connectivity index (χ3v) is 2.93. The van der Waals surface area contributed by atoms with Crippen LogP contribution >= 0.6 is 0 Å². The normalized spacial score (nSPS) is 19.5. The fourth-order valence-corrected chi connectivity index (χ4v) is 2.12. The number of rotatable bonds is 1. The molecule has 0 amide bonds. The minimum Gasteiger partial charge on any atom is -0.568 e. The molecule has 0 fully saturated rings. The SMILES string of the molecule is CC(C)c1ccc2c(c1)N[S+]([O-])N2. The van der Waals surface area contributed by atoms with Crippen LogP contribution in [0.2, 0.25) is 0 Å². The van der Waals surface area contributed by atoms with Crippen molar-refractivity contribution in [3.8, 4) is 0 Å². The highest BCUT2D eigenvalue weighted by Gasteiger charge is 2.21. The molecule has 2 rings (SSSR count). The van der Waals surface area contributed by atoms with E-state index in [4.69, 9.17) is 0 Å². The van der Waals surface area contributed by atoms with E-state index in [1.165, 1.54) is 5.56 Å². The molecule has 1 aliphatic heterocycles. The molecule has 0 saturated carbocycles. The lowest BCUT2D eigenvalue weighted by Crippen LogP contribution is -2.12. The van der Waals surface area contributed by atoms with Crippen LogP contribution in [0.5, 0.6) is 0 Å². The van der Waals surface area contributed by atoms with E-state index in [0.29, 0.717) is 5.92 Å². The molecule has 1 unspecified atom stereocenters. The Hall–Kier alpha value is -0.870. The van der Waals surface area contributed by atoms with Crippen molar-refractivity contribution in [1.82, 2.24) is 0 Å². The summed E-state index contributed by atoms with van der Waals surface area (Å²) < 4.78 is 16.7. The van der Waals surface area contributed by atoms with E-state index in [2.05, 4.69) is 29.4 Å². The summed E-state index contributed by atoms with van der Waals surface area (Å²) in [7, 11) is 0. The summed E-state index contributed by atoms with van der Waals surface area (Å²) in [6.07, 6.45) is 0. The summed E-state index contributed by atoms with van der Waals surface area (Å²) in [6, 6.07) is 6.06. The van der Waals surface area contributed by atoms with Crippen LogP contribution in [0.3, 0.4) is 0 Å². The predicted molar refractivity (Wildman–Crippen MR) is 55.9 cm³/mol. The molecule has 1 aromatic carbocycles. The zero-order valence-corrected chi connectivity index (χ0v) is 8.44. The minimum atomic E-state index is -1.14. The van der Waals surface area contributed by atoms with Crippen LogP contribution in [0.15, 0.2) is 18.2 Å². The Balaban J connectivity index is 2.35. The smallest absolute Gasteiger partial charge is 0.192 e. The number of anilines is 2. The van der Waals surface area contributed by atoms with Crippen molar-refractivity contribution in [2.24, 2.45) is 0 Å². The van der Waals surface area contributed by atoms with Crippen molar-refractivity contribution in [2.75, 3.05) is 9.44 Å². The van der Waals surface area contributed by atoms with Gasteiger partial charge in [-0.15, -0.1) is 0 Å². The third-order valence-electron chi connectivity index (χ3n) is 2.12. The first-order chi connectivity index (χ1) is 6.16. The van der Waals surface area contributed by atoms with Gasteiger partial charge in [0.2, 0.25) is 0 Å². The number of benzene rings is 1. The molecule has 1 aliphatic rings. The molecule has 0 aromatic heterocycles. The van der Waals surface area contributed by atoms with Crippen LogP contribution in [-0.4, -0.2) is 4.55 Å². The Labute approximate surface area is 81.0 Å². The van der Waals surface area contributed by atoms with Crippen LogP contribution in [-0.2, 0) is 11.5 Å². The number of hydrogen-bond acceptors (Lipinski definition) is 3. The summed E-state index contributed by atoms with van der Waals surface area (Å²) in [5.41, 5.74) is 3.11. The molecule has 1 aromatic rings. The number of hydrogen-bond donors (Lipinski definition) is 2. The first-order valence-corrected chi connectivity index (χ1v) is 5.41. The molecule has 1 heterocycles. The van der Waals surface area contributed by atoms with Gasteiger partial charge >= 0.3 is 0 Å². The fraction of sp³-hybridized carbons (Fsp3) is 0.333. The molecule has 0 radical (unpaired) electrons. The molecule has 0 saturated heterocycles. The zero-order chi connectivity index (χ0) is 9.42. The van der Waals surface area contributed by atoms with Gasteiger partial charge in [-0.2, -0.15) is 9.44 Å². The van der Waals surface area contributed by atoms with E-state index in [1.54, 1.807) is 0 Å². The Morgan fingerprint density at radius 3 is 2.62 bits per heavy atom. The summed E-state index contributed by atoms with van der Waals surface area (Å²) in [5.74, 6) is 0.501. The van der Waals surface area contributed by atoms with Crippen LogP contribution < -0.4 is 9.44 Å². The van der Waals surface area contributed by atoms with Crippen molar-refractivity contribution >= 4 is 22.9 Å². The van der Waals surface area contributed by atoms with Gasteiger partial charge in [0, 0.05) is 0 Å². The second kappa shape index (κ2) is 3.12. The second-order valence-electron chi connectivity index (χ2n) is 3.43. The topological polar surface area (TPSA) is 47.1 Å². The van der Waals surface area contributed by atoms with Gasteiger partial charge in [-0.05, 0) is 23.6 Å². The highest BCUT2D eigenvalue weighted by Crippen LogP contribution is 2.32. The predicted octanol–water partition coefficient (Wildman–Crippen LogP) is 2.23. The molecule has 0 spiro atoms. The highest BCUT2D eigenvalue weighted by atomic mass is 32.2. The first-order valence-electron chi connectivity index (χ1n) is 4.26. The van der Waals surface area contributed by atoms with Crippen LogP contribution in [0.25, 0.3) is 0 Å². The summed E-state index contributed by atoms with van der Waals surface area (Å²) >= 11 is -1.14. The van der Waals surface area contributed by atoms with E-state index >= 15 is 0 Å². The average Bonchev–Trinajstić information content (AvgIpc) is 2.42. The van der Waals surface area contributed by atoms with E-state index in [-0.39, 0.29) is 0 Å². The molecule has 13 heavy (non-hydrogen) atoms. The lowest BCUT2D eigenvalue weighted by Gasteiger charge is -2.04. The zero-order valence-electron chi connectivity index (χ0n) is 7.63. The van der Waals surface area contributed by atoms with Gasteiger partial charge in [-0.25, -0.2) is 0 Å². The Bertz CT molecular complexity index is 327. The van der Waals surface area contributed by atoms with Crippen LogP contribution in [0, 0.1) is 0 Å². The van der Waals surface area contributed by atoms with Gasteiger partial charge < -0.3 is 4.55 Å². The van der Waals surface area contributed by atoms with Gasteiger partial charge in [0.05, 0.1) is 0 Å². The number of fused-ring (bicyclic) bond motifs is 1. The fourth-order valence-electron chi connectivity index (χ4n) is 1.32. The molecule has 3 nitrogen and oxygen atoms in total. The lowest BCUT2D eigenvalue weighted by atomic mass is 10.0. The molecule has 70 valence electrons. The first kappa shape index (κ1) is 8.72. The van der Waals surface area contributed by atoms with Crippen molar-refractivity contribution in [1.29, 1.82) is 0 Å². The lowest BCUT2D eigenvalue weighted by molar-refractivity contribution is 0.606. The summed E-state index contributed by atoms with van der Waals surface area (Å²) in [6.45, 7) is 4.28. The van der Waals surface area contributed by atoms with Gasteiger partial charge in [-0.1, -0.05) is 19.9 Å². The van der Waals surface area contributed by atoms with E-state index in [0.717, 1.165) is 11.4 Å². The maximum Gasteiger partial charge on any atom is 0.192 e. The van der Waals surface area contributed by atoms with Gasteiger partial charge in [0.25, 0.3) is 0 Å². The van der Waals surface area contributed by atoms with Gasteiger partial charge in [0.15, 0.2) is 11.5 Å². The molecular formula is C9H12N2OS. The maximum atomic E-state index is 11.1. The Morgan fingerprint density at radius 2 is 1.92 bits per heavy atom. The summed E-state index contributed by atoms with van der Waals surface area (Å²) in [5, 5.41) is 0. The quantitative estimate of drug-likeness (QED) is 0.677. The van der Waals surface area contributed by atoms with Crippen molar-refractivity contribution in [2.45, 2.75) is 19.8 Å². The summed E-state index contributed by atoms with van der Waals surface area (Å²) in [4.78, 5) is 0. The largest absolute Gasteiger partial charge is 0.568 e. The van der Waals surface area contributed by atoms with E-state index in [9.17, 15) is 4.55 Å². The molecule has 2 N–H and O–H groups in total. The van der Waals surface area contributed by atoms with Crippen LogP contribution in [0.4, 0.5) is 11.4 Å². The average molecular weight is 196 g/mol. The molecule has 0 aliphatic carbocycles. The van der Waals surface area contributed by atoms with Gasteiger partial charge in [-0.3, -0.25) is 0 Å². The van der Waals surface area contributed by atoms with E-state index in [1.807, 2.05) is 12.1 Å². The Morgan fingerprint density at radius 1 is 1.23 bits per heavy atom. The minimum absolute atomic E-state index is 0.501. The van der Waals surface area contributed by atoms with E-state index < -0.39 is 11.5 Å². The molecule has 4 heteroatoms. The third kappa shape index (κ3) is 1.59. The van der Waals surface area contributed by atoms with Crippen molar-refractivity contribution < 1.29 is 4.55 Å². The Kier molecular flexibility index (Phi) is 2.09. The number of nitrogens with one attached hydrogen (secondary N) is 2. The highest BCUT2D eigenvalue weighted by molar-refractivity contribution is 7.94. The van der Waals surface area contributed by atoms with Crippen molar-refractivity contribution in [3.63, 3.8) is 0 Å². The molecule has 0 bridgehead atoms. The molecule has 1 atom stereocenters. The van der Waals surface area contributed by atoms with Crippen LogP contribution in [0.1, 0.15) is 25.3 Å².